The molecule has 2 N–H and O–H groups in total. The molecule has 0 radical (unpaired) electrons. The van der Waals surface area contributed by atoms with Gasteiger partial charge in [0.25, 0.3) is 0 Å². The Labute approximate surface area is 210 Å². The smallest absolute Gasteiger partial charge is 0.152 e. The maximum absolute atomic E-state index is 14.1. The van der Waals surface area contributed by atoms with Crippen LogP contribution in [0.1, 0.15) is 78.1 Å². The van der Waals surface area contributed by atoms with Crippen molar-refractivity contribution in [2.45, 2.75) is 92.2 Å². The fraction of sp³-hybridized carbons (Fsp3) is 0.643. The van der Waals surface area contributed by atoms with Crippen LogP contribution in [0, 0.1) is 17.0 Å². The number of aryl methyl sites for hydroxylation is 1. The van der Waals surface area contributed by atoms with Gasteiger partial charge in [-0.25, -0.2) is 13.8 Å². The van der Waals surface area contributed by atoms with E-state index in [1.54, 1.807) is 6.33 Å². The van der Waals surface area contributed by atoms with E-state index in [1.807, 2.05) is 6.20 Å². The third-order valence-corrected chi connectivity index (χ3v) is 5.98. The SMILES string of the molecule is CC(C)(C)CNCC(C)(C)n1cnc(CC(=O)CNC2CCc3cc(F)cc(F)c3C2)c1.CCC. The second-order valence-electron chi connectivity index (χ2n) is 11.5. The molecule has 0 bridgehead atoms. The molecule has 0 spiro atoms. The number of benzene rings is 1. The van der Waals surface area contributed by atoms with Crippen molar-refractivity contribution in [1.82, 2.24) is 20.2 Å². The number of Topliss-reactive ketones (excluding diaryl/α,β-unsaturated/α-hetero) is 1. The molecule has 1 atom stereocenters. The number of hydrogen-bond donors (Lipinski definition) is 2. The summed E-state index contributed by atoms with van der Waals surface area (Å²) in [5, 5.41) is 6.76. The Balaban J connectivity index is 0.00000137. The van der Waals surface area contributed by atoms with E-state index in [0.29, 0.717) is 18.4 Å². The first kappa shape index (κ1) is 29.1. The van der Waals surface area contributed by atoms with Gasteiger partial charge in [-0.05, 0) is 55.7 Å². The predicted molar refractivity (Wildman–Crippen MR) is 139 cm³/mol. The second-order valence-corrected chi connectivity index (χ2v) is 11.5. The largest absolute Gasteiger partial charge is 0.330 e. The average molecular weight is 491 g/mol. The van der Waals surface area contributed by atoms with Crippen LogP contribution in [0.5, 0.6) is 0 Å². The molecule has 0 saturated carbocycles. The number of rotatable bonds is 9. The minimum atomic E-state index is -0.532. The lowest BCUT2D eigenvalue weighted by atomic mass is 9.87. The molecule has 196 valence electrons. The monoisotopic (exact) mass is 490 g/mol. The fourth-order valence-corrected chi connectivity index (χ4v) is 4.10. The summed E-state index contributed by atoms with van der Waals surface area (Å²) >= 11 is 0. The number of fused-ring (bicyclic) bond motifs is 1. The van der Waals surface area contributed by atoms with Crippen molar-refractivity contribution in [3.8, 4) is 0 Å². The van der Waals surface area contributed by atoms with Crippen molar-refractivity contribution in [2.24, 2.45) is 5.41 Å². The molecule has 35 heavy (non-hydrogen) atoms. The molecule has 1 unspecified atom stereocenters. The van der Waals surface area contributed by atoms with E-state index in [1.165, 1.54) is 12.5 Å². The lowest BCUT2D eigenvalue weighted by molar-refractivity contribution is -0.117. The molecule has 5 nitrogen and oxygen atoms in total. The summed E-state index contributed by atoms with van der Waals surface area (Å²) in [6.45, 7) is 17.1. The molecule has 1 aromatic heterocycles. The second kappa shape index (κ2) is 12.7. The standard InChI is InChI=1S/C25H36F2N4O.C3H8/c1-24(2,3)14-28-15-25(4,5)31-13-20(30-16-31)10-21(32)12-29-19-7-6-17-8-18(26)9-23(27)22(17)11-19;1-3-2/h8-9,13,16,19,28-29H,6-7,10-12,14-15H2,1-5H3;3H2,1-2H3. The van der Waals surface area contributed by atoms with Crippen LogP contribution in [-0.4, -0.2) is 41.0 Å². The summed E-state index contributed by atoms with van der Waals surface area (Å²) in [4.78, 5) is 16.9. The molecule has 7 heteroatoms. The number of nitrogens with zero attached hydrogens (tertiary/aromatic N) is 2. The third-order valence-electron chi connectivity index (χ3n) is 5.98. The van der Waals surface area contributed by atoms with E-state index < -0.39 is 11.6 Å². The zero-order chi connectivity index (χ0) is 26.2. The topological polar surface area (TPSA) is 59.0 Å². The first-order valence-electron chi connectivity index (χ1n) is 12.8. The Hall–Kier alpha value is -2.12. The van der Waals surface area contributed by atoms with Crippen LogP contribution in [0.4, 0.5) is 8.78 Å². The van der Waals surface area contributed by atoms with Crippen LogP contribution in [0.3, 0.4) is 0 Å². The van der Waals surface area contributed by atoms with Gasteiger partial charge < -0.3 is 15.2 Å². The van der Waals surface area contributed by atoms with Gasteiger partial charge in [-0.2, -0.15) is 0 Å². The van der Waals surface area contributed by atoms with Crippen molar-refractivity contribution in [1.29, 1.82) is 0 Å². The number of hydrogen-bond acceptors (Lipinski definition) is 4. The number of ketones is 1. The lowest BCUT2D eigenvalue weighted by Gasteiger charge is -2.29. The van der Waals surface area contributed by atoms with Crippen LogP contribution in [0.25, 0.3) is 0 Å². The predicted octanol–water partition coefficient (Wildman–Crippen LogP) is 5.21. The molecule has 2 aromatic rings. The molecular weight excluding hydrogens is 446 g/mol. The lowest BCUT2D eigenvalue weighted by Crippen LogP contribution is -2.40. The third kappa shape index (κ3) is 9.45. The molecule has 0 fully saturated rings. The molecule has 1 aliphatic carbocycles. The highest BCUT2D eigenvalue weighted by molar-refractivity contribution is 5.82. The Morgan fingerprint density at radius 2 is 1.83 bits per heavy atom. The van der Waals surface area contributed by atoms with E-state index in [9.17, 15) is 13.6 Å². The van der Waals surface area contributed by atoms with Gasteiger partial charge in [0.2, 0.25) is 0 Å². The maximum atomic E-state index is 14.1. The van der Waals surface area contributed by atoms with Crippen molar-refractivity contribution < 1.29 is 13.6 Å². The van der Waals surface area contributed by atoms with Gasteiger partial charge in [0.15, 0.2) is 5.78 Å². The van der Waals surface area contributed by atoms with E-state index in [-0.39, 0.29) is 35.7 Å². The highest BCUT2D eigenvalue weighted by atomic mass is 19.1. The van der Waals surface area contributed by atoms with Crippen molar-refractivity contribution in [2.75, 3.05) is 19.6 Å². The highest BCUT2D eigenvalue weighted by Gasteiger charge is 2.24. The molecule has 1 aromatic carbocycles. The van der Waals surface area contributed by atoms with Gasteiger partial charge in [-0.3, -0.25) is 4.79 Å². The Morgan fingerprint density at radius 3 is 2.49 bits per heavy atom. The van der Waals surface area contributed by atoms with Crippen molar-refractivity contribution >= 4 is 5.78 Å². The Bertz CT molecular complexity index is 962. The number of nitrogens with one attached hydrogen (secondary N) is 2. The molecule has 0 amide bonds. The quantitative estimate of drug-likeness (QED) is 0.507. The van der Waals surface area contributed by atoms with E-state index in [2.05, 4.69) is 68.7 Å². The number of carbonyl (C=O) groups is 1. The first-order chi connectivity index (χ1) is 16.3. The van der Waals surface area contributed by atoms with Gasteiger partial charge in [0.1, 0.15) is 11.6 Å². The van der Waals surface area contributed by atoms with Crippen molar-refractivity contribution in [3.63, 3.8) is 0 Å². The van der Waals surface area contributed by atoms with Gasteiger partial charge in [0.05, 0.1) is 30.5 Å². The average Bonchev–Trinajstić information content (AvgIpc) is 3.21. The first-order valence-corrected chi connectivity index (χ1v) is 12.8. The minimum absolute atomic E-state index is 0.0109. The van der Waals surface area contributed by atoms with Gasteiger partial charge in [0, 0.05) is 31.4 Å². The minimum Gasteiger partial charge on any atom is -0.330 e. The highest BCUT2D eigenvalue weighted by Crippen LogP contribution is 2.25. The van der Waals surface area contributed by atoms with Crippen molar-refractivity contribution in [3.05, 3.63) is 53.1 Å². The summed E-state index contributed by atoms with van der Waals surface area (Å²) in [6.07, 6.45) is 7.08. The Kier molecular flexibility index (Phi) is 10.6. The van der Waals surface area contributed by atoms with E-state index >= 15 is 0 Å². The molecule has 3 rings (SSSR count). The van der Waals surface area contributed by atoms with Gasteiger partial charge in [-0.15, -0.1) is 0 Å². The molecular formula is C28H44F2N4O. The molecule has 0 saturated heterocycles. The van der Waals surface area contributed by atoms with Crippen LogP contribution < -0.4 is 10.6 Å². The van der Waals surface area contributed by atoms with Crippen LogP contribution >= 0.6 is 0 Å². The summed E-state index contributed by atoms with van der Waals surface area (Å²) < 4.78 is 29.5. The number of aromatic nitrogens is 2. The van der Waals surface area contributed by atoms with Crippen LogP contribution in [-0.2, 0) is 29.6 Å². The summed E-state index contributed by atoms with van der Waals surface area (Å²) in [5.74, 6) is -0.984. The zero-order valence-corrected chi connectivity index (χ0v) is 22.6. The number of carbonyl (C=O) groups excluding carboxylic acids is 1. The normalized spacial score (nSPS) is 15.9. The van der Waals surface area contributed by atoms with Gasteiger partial charge in [-0.1, -0.05) is 41.0 Å². The van der Waals surface area contributed by atoms with Gasteiger partial charge >= 0.3 is 0 Å². The maximum Gasteiger partial charge on any atom is 0.152 e. The van der Waals surface area contributed by atoms with Crippen LogP contribution in [0.2, 0.25) is 0 Å². The number of halogens is 2. The zero-order valence-electron chi connectivity index (χ0n) is 22.6. The molecule has 1 aliphatic rings. The summed E-state index contributed by atoms with van der Waals surface area (Å²) in [5.41, 5.74) is 2.10. The molecule has 1 heterocycles. The molecule has 0 aliphatic heterocycles. The fourth-order valence-electron chi connectivity index (χ4n) is 4.10. The summed E-state index contributed by atoms with van der Waals surface area (Å²) in [6, 6.07) is 2.36. The van der Waals surface area contributed by atoms with E-state index in [0.717, 1.165) is 36.8 Å². The summed E-state index contributed by atoms with van der Waals surface area (Å²) in [7, 11) is 0. The van der Waals surface area contributed by atoms with Crippen LogP contribution in [0.15, 0.2) is 24.7 Å². The Morgan fingerprint density at radius 1 is 1.14 bits per heavy atom. The number of imidazole rings is 1. The van der Waals surface area contributed by atoms with E-state index in [4.69, 9.17) is 0 Å².